The van der Waals surface area contributed by atoms with E-state index < -0.39 is 0 Å². The Hall–Kier alpha value is -2.16. The average Bonchev–Trinajstić information content (AvgIpc) is 2.45. The molecule has 0 saturated heterocycles. The first-order valence-corrected chi connectivity index (χ1v) is 7.36. The smallest absolute Gasteiger partial charge is 0.205 e. The van der Waals surface area contributed by atoms with E-state index in [4.69, 9.17) is 17.3 Å². The molecule has 0 fully saturated rings. The van der Waals surface area contributed by atoms with E-state index in [9.17, 15) is 0 Å². The Labute approximate surface area is 145 Å². The van der Waals surface area contributed by atoms with E-state index in [1.54, 1.807) is 0 Å². The second-order valence-electron chi connectivity index (χ2n) is 6.49. The highest BCUT2D eigenvalue weighted by Crippen LogP contribution is 2.31. The number of terminal acetylenes is 2. The van der Waals surface area contributed by atoms with Gasteiger partial charge in [0.15, 0.2) is 0 Å². The Morgan fingerprint density at radius 2 is 1.70 bits per heavy atom. The maximum absolute atomic E-state index is 6.12. The third-order valence-corrected chi connectivity index (χ3v) is 3.63. The van der Waals surface area contributed by atoms with Gasteiger partial charge in [-0.3, -0.25) is 0 Å². The first-order chi connectivity index (χ1) is 10.4. The van der Waals surface area contributed by atoms with Crippen LogP contribution < -0.4 is 22.3 Å². The van der Waals surface area contributed by atoms with Gasteiger partial charge in [0.2, 0.25) is 18.4 Å². The van der Waals surface area contributed by atoms with Crippen molar-refractivity contribution in [3.05, 3.63) is 40.9 Å². The largest absolute Gasteiger partial charge is 1.00 e. The second kappa shape index (κ2) is 7.40. The van der Waals surface area contributed by atoms with Gasteiger partial charge >= 0.3 is 0 Å². The lowest BCUT2D eigenvalue weighted by atomic mass is 9.91. The van der Waals surface area contributed by atoms with Gasteiger partial charge in [0.25, 0.3) is 0 Å². The van der Waals surface area contributed by atoms with Gasteiger partial charge in [-0.15, -0.1) is 12.8 Å². The molecule has 1 aliphatic carbocycles. The first-order valence-electron chi connectivity index (χ1n) is 7.36. The molecule has 0 N–H and O–H groups in total. The predicted octanol–water partition coefficient (Wildman–Crippen LogP) is 0.0329. The summed E-state index contributed by atoms with van der Waals surface area (Å²) in [6.07, 6.45) is 10.9. The van der Waals surface area contributed by atoms with Crippen molar-refractivity contribution in [1.82, 2.24) is 4.58 Å². The molecule has 0 bridgehead atoms. The molecule has 0 aromatic heterocycles. The van der Waals surface area contributed by atoms with Crippen LogP contribution in [0.5, 0.6) is 0 Å². The van der Waals surface area contributed by atoms with Crippen LogP contribution in [0.2, 0.25) is 0 Å². The van der Waals surface area contributed by atoms with Crippen molar-refractivity contribution in [2.75, 3.05) is 13.1 Å². The number of aryl methyl sites for hydroxylation is 1. The Morgan fingerprint density at radius 3 is 2.22 bits per heavy atom. The molecule has 1 heterocycles. The van der Waals surface area contributed by atoms with Crippen LogP contribution in [0.25, 0.3) is 11.3 Å². The summed E-state index contributed by atoms with van der Waals surface area (Å²) in [5.74, 6) is 7.12. The molecule has 2 aliphatic rings. The van der Waals surface area contributed by atoms with Crippen molar-refractivity contribution in [1.29, 1.82) is 0 Å². The van der Waals surface area contributed by atoms with Crippen molar-refractivity contribution in [3.8, 4) is 36.0 Å². The standard InChI is InChI=1S/C20H22NO.ClH/c1-7-11-21(12-8-2)16-9-10-17-15(3)13-19(20(4,5)6)22-18(17)14-16;/h1-2,9-10,13-14H,11-12H2,3-6H3;1H/q+1;/p-1. The van der Waals surface area contributed by atoms with Crippen LogP contribution >= 0.6 is 0 Å². The molecule has 0 spiro atoms. The SMILES string of the molecule is C#CC[N+](CC#C)=c1ccc2c(C)cc(C(C)(C)C)oc-2c1.[Cl-]. The molecular formula is C20H22ClNO. The van der Waals surface area contributed by atoms with Crippen molar-refractivity contribution >= 4 is 0 Å². The van der Waals surface area contributed by atoms with Crippen LogP contribution in [0.3, 0.4) is 0 Å². The summed E-state index contributed by atoms with van der Waals surface area (Å²) < 4.78 is 8.10. The van der Waals surface area contributed by atoms with Gasteiger partial charge in [0, 0.05) is 17.0 Å². The molecule has 0 radical (unpaired) electrons. The lowest BCUT2D eigenvalue weighted by molar-refractivity contribution is -0.00000535. The quantitative estimate of drug-likeness (QED) is 0.562. The molecule has 2 rings (SSSR count). The molecule has 120 valence electrons. The minimum absolute atomic E-state index is 0. The van der Waals surface area contributed by atoms with E-state index in [0.29, 0.717) is 13.1 Å². The normalized spacial score (nSPS) is 10.5. The summed E-state index contributed by atoms with van der Waals surface area (Å²) >= 11 is 0. The van der Waals surface area contributed by atoms with E-state index in [0.717, 1.165) is 22.4 Å². The van der Waals surface area contributed by atoms with Crippen molar-refractivity contribution in [3.63, 3.8) is 0 Å². The first kappa shape index (κ1) is 18.9. The van der Waals surface area contributed by atoms with Gasteiger partial charge in [0.05, 0.1) is 6.07 Å². The van der Waals surface area contributed by atoms with Gasteiger partial charge in [-0.05, 0) is 36.5 Å². The van der Waals surface area contributed by atoms with Gasteiger partial charge in [0.1, 0.15) is 11.5 Å². The van der Waals surface area contributed by atoms with Crippen LogP contribution in [-0.4, -0.2) is 13.1 Å². The molecule has 0 aromatic carbocycles. The summed E-state index contributed by atoms with van der Waals surface area (Å²) in [6.45, 7) is 9.49. The number of hydrogen-bond acceptors (Lipinski definition) is 1. The summed E-state index contributed by atoms with van der Waals surface area (Å²) in [5, 5.41) is 0.984. The highest BCUT2D eigenvalue weighted by atomic mass is 35.5. The van der Waals surface area contributed by atoms with E-state index in [2.05, 4.69) is 51.7 Å². The summed E-state index contributed by atoms with van der Waals surface area (Å²) in [5.41, 5.74) is 2.28. The molecule has 2 nitrogen and oxygen atoms in total. The Morgan fingerprint density at radius 1 is 1.09 bits per heavy atom. The fourth-order valence-electron chi connectivity index (χ4n) is 2.37. The number of fused-ring (bicyclic) bond motifs is 1. The Bertz CT molecular complexity index is 791. The Balaban J connectivity index is 0.00000264. The molecule has 0 saturated carbocycles. The molecule has 0 aromatic rings. The van der Waals surface area contributed by atoms with Crippen LogP contribution in [0.4, 0.5) is 0 Å². The third kappa shape index (κ3) is 4.19. The average molecular weight is 328 g/mol. The zero-order chi connectivity index (χ0) is 16.3. The molecule has 23 heavy (non-hydrogen) atoms. The molecule has 0 amide bonds. The van der Waals surface area contributed by atoms with Gasteiger partial charge < -0.3 is 16.8 Å². The fourth-order valence-corrected chi connectivity index (χ4v) is 2.37. The minimum Gasteiger partial charge on any atom is -1.00 e. The lowest BCUT2D eigenvalue weighted by Gasteiger charge is -2.20. The van der Waals surface area contributed by atoms with E-state index in [1.165, 1.54) is 5.56 Å². The van der Waals surface area contributed by atoms with E-state index >= 15 is 0 Å². The van der Waals surface area contributed by atoms with Crippen molar-refractivity contribution < 1.29 is 16.8 Å². The third-order valence-electron chi connectivity index (χ3n) is 3.63. The summed E-state index contributed by atoms with van der Waals surface area (Å²) in [6, 6.07) is 8.24. The zero-order valence-electron chi connectivity index (χ0n) is 14.1. The van der Waals surface area contributed by atoms with Crippen LogP contribution in [0.15, 0.2) is 28.7 Å². The monoisotopic (exact) mass is 327 g/mol. The highest BCUT2D eigenvalue weighted by molar-refractivity contribution is 5.63. The fraction of sp³-hybridized carbons (Fsp3) is 0.350. The minimum atomic E-state index is -0.0354. The summed E-state index contributed by atoms with van der Waals surface area (Å²) in [4.78, 5) is 0. The number of benzene rings is 1. The summed E-state index contributed by atoms with van der Waals surface area (Å²) in [7, 11) is 0. The molecule has 1 aliphatic heterocycles. The Kier molecular flexibility index (Phi) is 6.08. The predicted molar refractivity (Wildman–Crippen MR) is 91.4 cm³/mol. The molecule has 0 unspecified atom stereocenters. The number of halogens is 1. The van der Waals surface area contributed by atoms with Crippen LogP contribution in [-0.2, 0) is 5.41 Å². The lowest BCUT2D eigenvalue weighted by Crippen LogP contribution is -3.00. The van der Waals surface area contributed by atoms with Crippen LogP contribution in [0, 0.1) is 31.6 Å². The highest BCUT2D eigenvalue weighted by Gasteiger charge is 2.20. The molecule has 3 heteroatoms. The van der Waals surface area contributed by atoms with Gasteiger partial charge in [-0.2, -0.15) is 0 Å². The zero-order valence-corrected chi connectivity index (χ0v) is 14.9. The maximum atomic E-state index is 6.12. The van der Waals surface area contributed by atoms with Gasteiger partial charge in [-0.25, -0.2) is 4.58 Å². The second-order valence-corrected chi connectivity index (χ2v) is 6.49. The molecule has 0 atom stereocenters. The van der Waals surface area contributed by atoms with E-state index in [-0.39, 0.29) is 17.8 Å². The van der Waals surface area contributed by atoms with Gasteiger partial charge in [-0.1, -0.05) is 20.8 Å². The van der Waals surface area contributed by atoms with Crippen LogP contribution in [0.1, 0.15) is 32.1 Å². The molecular weight excluding hydrogens is 306 g/mol. The maximum Gasteiger partial charge on any atom is 0.205 e. The van der Waals surface area contributed by atoms with Crippen molar-refractivity contribution in [2.24, 2.45) is 0 Å². The number of rotatable bonds is 2. The van der Waals surface area contributed by atoms with Crippen molar-refractivity contribution in [2.45, 2.75) is 33.1 Å². The number of hydrogen-bond donors (Lipinski definition) is 0. The topological polar surface area (TPSA) is 16.1 Å². The van der Waals surface area contributed by atoms with E-state index in [1.807, 2.05) is 16.7 Å². The number of nitrogens with zero attached hydrogens (tertiary/aromatic N) is 1.